The molecular formula is C11H13BrN2O. The molecule has 3 nitrogen and oxygen atoms in total. The van der Waals surface area contributed by atoms with Crippen molar-refractivity contribution in [1.29, 1.82) is 0 Å². The van der Waals surface area contributed by atoms with Crippen LogP contribution < -0.4 is 0 Å². The van der Waals surface area contributed by atoms with Crippen molar-refractivity contribution >= 4 is 21.8 Å². The molecule has 0 N–H and O–H groups in total. The van der Waals surface area contributed by atoms with Crippen molar-refractivity contribution in [1.82, 2.24) is 9.88 Å². The number of rotatable bonds is 2. The van der Waals surface area contributed by atoms with E-state index in [1.807, 2.05) is 11.9 Å². The zero-order valence-corrected chi connectivity index (χ0v) is 10.2. The molecule has 0 saturated heterocycles. The van der Waals surface area contributed by atoms with Crippen LogP contribution in [0.3, 0.4) is 0 Å². The minimum atomic E-state index is 0.0553. The van der Waals surface area contributed by atoms with Crippen LogP contribution in [-0.2, 0) is 0 Å². The third-order valence-corrected chi connectivity index (χ3v) is 3.56. The predicted octanol–water partition coefficient (Wildman–Crippen LogP) is 2.47. The predicted molar refractivity (Wildman–Crippen MR) is 61.7 cm³/mol. The number of hydrogen-bond acceptors (Lipinski definition) is 2. The van der Waals surface area contributed by atoms with Gasteiger partial charge in [0.05, 0.1) is 5.56 Å². The molecule has 0 atom stereocenters. The molecule has 4 heteroatoms. The minimum Gasteiger partial charge on any atom is -0.339 e. The summed E-state index contributed by atoms with van der Waals surface area (Å²) in [5, 5.41) is 0. The molecule has 0 bridgehead atoms. The summed E-state index contributed by atoms with van der Waals surface area (Å²) in [6, 6.07) is 4.01. The second-order valence-corrected chi connectivity index (χ2v) is 4.59. The van der Waals surface area contributed by atoms with Crippen molar-refractivity contribution in [2.45, 2.75) is 25.3 Å². The number of carbonyl (C=O) groups excluding carboxylic acids is 1. The second-order valence-electron chi connectivity index (χ2n) is 3.84. The van der Waals surface area contributed by atoms with Gasteiger partial charge in [0.1, 0.15) is 4.60 Å². The zero-order chi connectivity index (χ0) is 10.8. The SMILES string of the molecule is CN(C(=O)c1cccnc1Br)C1CCC1. The Morgan fingerprint density at radius 3 is 2.87 bits per heavy atom. The maximum Gasteiger partial charge on any atom is 0.256 e. The summed E-state index contributed by atoms with van der Waals surface area (Å²) in [5.74, 6) is 0.0553. The zero-order valence-electron chi connectivity index (χ0n) is 8.61. The first-order valence-corrected chi connectivity index (χ1v) is 5.87. The van der Waals surface area contributed by atoms with Crippen LogP contribution in [0.1, 0.15) is 29.6 Å². The Hall–Kier alpha value is -0.900. The minimum absolute atomic E-state index is 0.0553. The summed E-state index contributed by atoms with van der Waals surface area (Å²) >= 11 is 3.30. The number of carbonyl (C=O) groups is 1. The second kappa shape index (κ2) is 4.31. The Labute approximate surface area is 97.6 Å². The molecule has 0 unspecified atom stereocenters. The number of amides is 1. The largest absolute Gasteiger partial charge is 0.339 e. The molecule has 0 aromatic carbocycles. The number of halogens is 1. The topological polar surface area (TPSA) is 33.2 Å². The lowest BCUT2D eigenvalue weighted by Gasteiger charge is -2.34. The highest BCUT2D eigenvalue weighted by Crippen LogP contribution is 2.25. The molecule has 1 aliphatic carbocycles. The molecule has 1 aromatic rings. The molecule has 80 valence electrons. The maximum absolute atomic E-state index is 12.1. The van der Waals surface area contributed by atoms with Crippen LogP contribution >= 0.6 is 15.9 Å². The molecule has 1 amide bonds. The maximum atomic E-state index is 12.1. The summed E-state index contributed by atoms with van der Waals surface area (Å²) in [5.41, 5.74) is 0.645. The van der Waals surface area contributed by atoms with E-state index in [2.05, 4.69) is 20.9 Å². The van der Waals surface area contributed by atoms with E-state index in [1.165, 1.54) is 6.42 Å². The molecule has 2 rings (SSSR count). The summed E-state index contributed by atoms with van der Waals surface area (Å²) in [6.07, 6.45) is 5.15. The Balaban J connectivity index is 2.16. The van der Waals surface area contributed by atoms with Gasteiger partial charge in [-0.2, -0.15) is 0 Å². The van der Waals surface area contributed by atoms with E-state index >= 15 is 0 Å². The molecule has 1 aliphatic rings. The van der Waals surface area contributed by atoms with Crippen LogP contribution in [0.15, 0.2) is 22.9 Å². The van der Waals surface area contributed by atoms with Crippen molar-refractivity contribution in [3.63, 3.8) is 0 Å². The van der Waals surface area contributed by atoms with Crippen molar-refractivity contribution in [2.75, 3.05) is 7.05 Å². The van der Waals surface area contributed by atoms with Crippen LogP contribution in [0.5, 0.6) is 0 Å². The van der Waals surface area contributed by atoms with Gasteiger partial charge in [-0.15, -0.1) is 0 Å². The molecule has 1 saturated carbocycles. The van der Waals surface area contributed by atoms with Gasteiger partial charge in [0.25, 0.3) is 5.91 Å². The van der Waals surface area contributed by atoms with Crippen LogP contribution in [0.2, 0.25) is 0 Å². The Bertz CT molecular complexity index is 377. The molecule has 0 spiro atoms. The fourth-order valence-corrected chi connectivity index (χ4v) is 2.10. The standard InChI is InChI=1S/C11H13BrN2O/c1-14(8-4-2-5-8)11(15)9-6-3-7-13-10(9)12/h3,6-8H,2,4-5H2,1H3. The first kappa shape index (κ1) is 10.6. The van der Waals surface area contributed by atoms with Crippen LogP contribution in [0, 0.1) is 0 Å². The molecule has 1 aromatic heterocycles. The van der Waals surface area contributed by atoms with E-state index in [4.69, 9.17) is 0 Å². The third-order valence-electron chi connectivity index (χ3n) is 2.93. The average molecular weight is 269 g/mol. The van der Waals surface area contributed by atoms with Gasteiger partial charge in [0.15, 0.2) is 0 Å². The van der Waals surface area contributed by atoms with Gasteiger partial charge in [0, 0.05) is 19.3 Å². The molecule has 0 aliphatic heterocycles. The van der Waals surface area contributed by atoms with Crippen LogP contribution in [0.4, 0.5) is 0 Å². The van der Waals surface area contributed by atoms with Crippen molar-refractivity contribution in [3.05, 3.63) is 28.5 Å². The van der Waals surface area contributed by atoms with Crippen molar-refractivity contribution < 1.29 is 4.79 Å². The summed E-state index contributed by atoms with van der Waals surface area (Å²) in [4.78, 5) is 17.9. The molecular weight excluding hydrogens is 256 g/mol. The molecule has 15 heavy (non-hydrogen) atoms. The number of nitrogens with zero attached hydrogens (tertiary/aromatic N) is 2. The first-order valence-electron chi connectivity index (χ1n) is 5.08. The lowest BCUT2D eigenvalue weighted by molar-refractivity contribution is 0.0650. The molecule has 1 heterocycles. The summed E-state index contributed by atoms with van der Waals surface area (Å²) < 4.78 is 0.626. The lowest BCUT2D eigenvalue weighted by Crippen LogP contribution is -2.41. The number of aromatic nitrogens is 1. The van der Waals surface area contributed by atoms with E-state index in [1.54, 1.807) is 18.3 Å². The summed E-state index contributed by atoms with van der Waals surface area (Å²) in [6.45, 7) is 0. The normalized spacial score (nSPS) is 15.9. The highest BCUT2D eigenvalue weighted by atomic mass is 79.9. The lowest BCUT2D eigenvalue weighted by atomic mass is 9.91. The van der Waals surface area contributed by atoms with Crippen LogP contribution in [-0.4, -0.2) is 28.9 Å². The van der Waals surface area contributed by atoms with E-state index in [9.17, 15) is 4.79 Å². The quantitative estimate of drug-likeness (QED) is 0.773. The van der Waals surface area contributed by atoms with Crippen LogP contribution in [0.25, 0.3) is 0 Å². The fourth-order valence-electron chi connectivity index (χ4n) is 1.68. The number of pyridine rings is 1. The van der Waals surface area contributed by atoms with Gasteiger partial charge in [0.2, 0.25) is 0 Å². The van der Waals surface area contributed by atoms with Crippen molar-refractivity contribution in [3.8, 4) is 0 Å². The van der Waals surface area contributed by atoms with E-state index in [0.29, 0.717) is 16.2 Å². The van der Waals surface area contributed by atoms with Gasteiger partial charge in [-0.1, -0.05) is 0 Å². The van der Waals surface area contributed by atoms with Gasteiger partial charge in [-0.3, -0.25) is 4.79 Å². The Kier molecular flexibility index (Phi) is 3.05. The fraction of sp³-hybridized carbons (Fsp3) is 0.455. The van der Waals surface area contributed by atoms with E-state index in [-0.39, 0.29) is 5.91 Å². The number of hydrogen-bond donors (Lipinski definition) is 0. The summed E-state index contributed by atoms with van der Waals surface area (Å²) in [7, 11) is 1.87. The van der Waals surface area contributed by atoms with Gasteiger partial charge in [-0.25, -0.2) is 4.98 Å². The Morgan fingerprint density at radius 2 is 2.33 bits per heavy atom. The monoisotopic (exact) mass is 268 g/mol. The van der Waals surface area contributed by atoms with Gasteiger partial charge >= 0.3 is 0 Å². The smallest absolute Gasteiger partial charge is 0.256 e. The average Bonchev–Trinajstić information content (AvgIpc) is 2.15. The molecule has 0 radical (unpaired) electrons. The van der Waals surface area contributed by atoms with Gasteiger partial charge in [-0.05, 0) is 47.3 Å². The highest BCUT2D eigenvalue weighted by Gasteiger charge is 2.27. The van der Waals surface area contributed by atoms with Gasteiger partial charge < -0.3 is 4.90 Å². The van der Waals surface area contributed by atoms with E-state index < -0.39 is 0 Å². The third kappa shape index (κ3) is 2.04. The first-order chi connectivity index (χ1) is 7.20. The highest BCUT2D eigenvalue weighted by molar-refractivity contribution is 9.10. The molecule has 1 fully saturated rings. The van der Waals surface area contributed by atoms with E-state index in [0.717, 1.165) is 12.8 Å². The Morgan fingerprint density at radius 1 is 1.60 bits per heavy atom. The van der Waals surface area contributed by atoms with Crippen molar-refractivity contribution in [2.24, 2.45) is 0 Å².